The smallest absolute Gasteiger partial charge is 0.261 e. The van der Waals surface area contributed by atoms with Gasteiger partial charge in [0.25, 0.3) is 5.91 Å². The number of rotatable bonds is 8. The molecule has 0 aliphatic rings. The Labute approximate surface area is 179 Å². The molecule has 3 aromatic rings. The summed E-state index contributed by atoms with van der Waals surface area (Å²) in [6.45, 7) is 11.2. The largest absolute Gasteiger partial charge is 0.481 e. The normalized spacial score (nSPS) is 12.1. The number of nitrogens with one attached hydrogen (secondary N) is 1. The lowest BCUT2D eigenvalue weighted by molar-refractivity contribution is -0.127. The van der Waals surface area contributed by atoms with Gasteiger partial charge < -0.3 is 10.1 Å². The Morgan fingerprint density at radius 3 is 2.50 bits per heavy atom. The molecule has 5 heteroatoms. The van der Waals surface area contributed by atoms with Crippen LogP contribution in [0.5, 0.6) is 5.75 Å². The van der Waals surface area contributed by atoms with E-state index in [1.807, 2.05) is 54.9 Å². The number of amides is 1. The maximum Gasteiger partial charge on any atom is 0.261 e. The Morgan fingerprint density at radius 2 is 1.80 bits per heavy atom. The Bertz CT molecular complexity index is 993. The topological polar surface area (TPSA) is 56.2 Å². The van der Waals surface area contributed by atoms with E-state index in [1.54, 1.807) is 6.92 Å². The van der Waals surface area contributed by atoms with Crippen LogP contribution in [0.1, 0.15) is 54.8 Å². The fourth-order valence-electron chi connectivity index (χ4n) is 3.42. The molecule has 0 saturated carbocycles. The van der Waals surface area contributed by atoms with Gasteiger partial charge in [-0.25, -0.2) is 0 Å². The van der Waals surface area contributed by atoms with E-state index in [2.05, 4.69) is 42.5 Å². The van der Waals surface area contributed by atoms with E-state index in [-0.39, 0.29) is 5.91 Å². The summed E-state index contributed by atoms with van der Waals surface area (Å²) in [6, 6.07) is 18.2. The first kappa shape index (κ1) is 21.6. The number of hydrogen-bond donors (Lipinski definition) is 1. The molecule has 1 aromatic heterocycles. The first-order valence-electron chi connectivity index (χ1n) is 10.5. The minimum Gasteiger partial charge on any atom is -0.481 e. The second-order valence-electron chi connectivity index (χ2n) is 8.00. The summed E-state index contributed by atoms with van der Waals surface area (Å²) in [6.07, 6.45) is -0.576. The van der Waals surface area contributed by atoms with Gasteiger partial charge in [-0.3, -0.25) is 9.48 Å². The van der Waals surface area contributed by atoms with Gasteiger partial charge in [-0.1, -0.05) is 56.3 Å². The van der Waals surface area contributed by atoms with Crippen molar-refractivity contribution in [2.45, 2.75) is 59.7 Å². The highest BCUT2D eigenvalue weighted by Crippen LogP contribution is 2.21. The molecule has 0 aliphatic carbocycles. The molecule has 0 bridgehead atoms. The maximum absolute atomic E-state index is 12.6. The van der Waals surface area contributed by atoms with Crippen molar-refractivity contribution in [1.82, 2.24) is 15.1 Å². The molecule has 0 saturated heterocycles. The number of benzene rings is 2. The molecule has 1 heterocycles. The van der Waals surface area contributed by atoms with Crippen molar-refractivity contribution in [1.29, 1.82) is 0 Å². The summed E-state index contributed by atoms with van der Waals surface area (Å²) < 4.78 is 7.86. The van der Waals surface area contributed by atoms with E-state index in [4.69, 9.17) is 4.74 Å². The molecule has 30 heavy (non-hydrogen) atoms. The lowest BCUT2D eigenvalue weighted by Gasteiger charge is -2.16. The summed E-state index contributed by atoms with van der Waals surface area (Å²) in [5, 5.41) is 7.65. The average Bonchev–Trinajstić information content (AvgIpc) is 2.99. The SMILES string of the molecule is Cc1nn(Cc2ccccc2)c(C)c1CNC(=O)C(C)Oc1cccc(C(C)C)c1. The van der Waals surface area contributed by atoms with Gasteiger partial charge >= 0.3 is 0 Å². The number of ether oxygens (including phenoxy) is 1. The van der Waals surface area contributed by atoms with Crippen molar-refractivity contribution in [3.8, 4) is 5.75 Å². The van der Waals surface area contributed by atoms with Crippen LogP contribution in [-0.2, 0) is 17.9 Å². The van der Waals surface area contributed by atoms with Crippen LogP contribution in [0, 0.1) is 13.8 Å². The van der Waals surface area contributed by atoms with E-state index in [0.29, 0.717) is 24.8 Å². The van der Waals surface area contributed by atoms with Crippen molar-refractivity contribution < 1.29 is 9.53 Å². The van der Waals surface area contributed by atoms with Gasteiger partial charge in [0.1, 0.15) is 5.75 Å². The second kappa shape index (κ2) is 9.61. The van der Waals surface area contributed by atoms with Crippen LogP contribution in [0.2, 0.25) is 0 Å². The number of nitrogens with zero attached hydrogens (tertiary/aromatic N) is 2. The summed E-state index contributed by atoms with van der Waals surface area (Å²) in [5.74, 6) is 0.988. The fourth-order valence-corrected chi connectivity index (χ4v) is 3.42. The van der Waals surface area contributed by atoms with Gasteiger partial charge in [0.15, 0.2) is 6.10 Å². The lowest BCUT2D eigenvalue weighted by Crippen LogP contribution is -2.36. The molecule has 1 N–H and O–H groups in total. The minimum atomic E-state index is -0.576. The third kappa shape index (κ3) is 5.29. The fraction of sp³-hybridized carbons (Fsp3) is 0.360. The number of carbonyl (C=O) groups is 1. The monoisotopic (exact) mass is 405 g/mol. The van der Waals surface area contributed by atoms with Crippen LogP contribution in [0.3, 0.4) is 0 Å². The summed E-state index contributed by atoms with van der Waals surface area (Å²) >= 11 is 0. The molecule has 1 unspecified atom stereocenters. The Hall–Kier alpha value is -3.08. The van der Waals surface area contributed by atoms with E-state index in [0.717, 1.165) is 17.0 Å². The van der Waals surface area contributed by atoms with Gasteiger partial charge in [-0.05, 0) is 49.9 Å². The molecule has 0 aliphatic heterocycles. The van der Waals surface area contributed by atoms with Crippen LogP contribution < -0.4 is 10.1 Å². The maximum atomic E-state index is 12.6. The highest BCUT2D eigenvalue weighted by atomic mass is 16.5. The van der Waals surface area contributed by atoms with Crippen molar-refractivity contribution >= 4 is 5.91 Å². The first-order chi connectivity index (χ1) is 14.3. The predicted octanol–water partition coefficient (Wildman–Crippen LogP) is 4.76. The zero-order valence-electron chi connectivity index (χ0n) is 18.5. The van der Waals surface area contributed by atoms with Gasteiger partial charge in [-0.2, -0.15) is 5.10 Å². The van der Waals surface area contributed by atoms with E-state index in [9.17, 15) is 4.79 Å². The summed E-state index contributed by atoms with van der Waals surface area (Å²) in [4.78, 5) is 12.6. The van der Waals surface area contributed by atoms with Gasteiger partial charge in [0.05, 0.1) is 12.2 Å². The van der Waals surface area contributed by atoms with Crippen LogP contribution in [-0.4, -0.2) is 21.8 Å². The van der Waals surface area contributed by atoms with Crippen molar-refractivity contribution in [3.63, 3.8) is 0 Å². The molecular formula is C25H31N3O2. The van der Waals surface area contributed by atoms with Crippen LogP contribution in [0.4, 0.5) is 0 Å². The molecule has 2 aromatic carbocycles. The quantitative estimate of drug-likeness (QED) is 0.588. The molecule has 158 valence electrons. The van der Waals surface area contributed by atoms with E-state index in [1.165, 1.54) is 11.1 Å². The highest BCUT2D eigenvalue weighted by Gasteiger charge is 2.17. The Morgan fingerprint density at radius 1 is 1.07 bits per heavy atom. The molecule has 1 atom stereocenters. The van der Waals surface area contributed by atoms with Gasteiger partial charge in [0, 0.05) is 17.8 Å². The molecular weight excluding hydrogens is 374 g/mol. The van der Waals surface area contributed by atoms with Gasteiger partial charge in [0.2, 0.25) is 0 Å². The third-order valence-corrected chi connectivity index (χ3v) is 5.35. The lowest BCUT2D eigenvalue weighted by atomic mass is 10.0. The van der Waals surface area contributed by atoms with Crippen LogP contribution in [0.25, 0.3) is 0 Å². The van der Waals surface area contributed by atoms with Crippen LogP contribution in [0.15, 0.2) is 54.6 Å². The zero-order chi connectivity index (χ0) is 21.7. The van der Waals surface area contributed by atoms with Crippen molar-refractivity contribution in [2.75, 3.05) is 0 Å². The number of aryl methyl sites for hydroxylation is 1. The third-order valence-electron chi connectivity index (χ3n) is 5.35. The molecule has 0 fully saturated rings. The molecule has 0 radical (unpaired) electrons. The number of aromatic nitrogens is 2. The molecule has 1 amide bonds. The highest BCUT2D eigenvalue weighted by molar-refractivity contribution is 5.80. The van der Waals surface area contributed by atoms with E-state index < -0.39 is 6.10 Å². The molecule has 5 nitrogen and oxygen atoms in total. The Kier molecular flexibility index (Phi) is 6.93. The molecule has 3 rings (SSSR count). The Balaban J connectivity index is 1.61. The zero-order valence-corrected chi connectivity index (χ0v) is 18.5. The first-order valence-corrected chi connectivity index (χ1v) is 10.5. The second-order valence-corrected chi connectivity index (χ2v) is 8.00. The van der Waals surface area contributed by atoms with Crippen molar-refractivity contribution in [2.24, 2.45) is 0 Å². The van der Waals surface area contributed by atoms with Crippen LogP contribution >= 0.6 is 0 Å². The van der Waals surface area contributed by atoms with E-state index >= 15 is 0 Å². The minimum absolute atomic E-state index is 0.139. The average molecular weight is 406 g/mol. The summed E-state index contributed by atoms with van der Waals surface area (Å²) in [5.41, 5.74) is 5.44. The predicted molar refractivity (Wildman–Crippen MR) is 120 cm³/mol. The standard InChI is InChI=1S/C25H31N3O2/c1-17(2)22-12-9-13-23(14-22)30-20(5)25(29)26-15-24-18(3)27-28(19(24)4)16-21-10-7-6-8-11-21/h6-14,17,20H,15-16H2,1-5H3,(H,26,29). The number of carbonyl (C=O) groups excluding carboxylic acids is 1. The summed E-state index contributed by atoms with van der Waals surface area (Å²) in [7, 11) is 0. The van der Waals surface area contributed by atoms with Gasteiger partial charge in [-0.15, -0.1) is 0 Å². The van der Waals surface area contributed by atoms with Crippen molar-refractivity contribution in [3.05, 3.63) is 82.7 Å². The number of hydrogen-bond acceptors (Lipinski definition) is 3. The molecule has 0 spiro atoms.